The summed E-state index contributed by atoms with van der Waals surface area (Å²) >= 11 is 0. The summed E-state index contributed by atoms with van der Waals surface area (Å²) in [6, 6.07) is 56.1. The minimum absolute atomic E-state index is 0. The third-order valence-corrected chi connectivity index (χ3v) is 18.9. The number of nitrogens with zero attached hydrogens (tertiary/aromatic N) is 5. The molecule has 0 fully saturated rings. The number of H-pyrrole nitrogens is 4. The third-order valence-electron chi connectivity index (χ3n) is 18.9. The number of hydrogen-bond donors (Lipinski definition) is 10. The van der Waals surface area contributed by atoms with Gasteiger partial charge in [-0.3, -0.25) is 9.59 Å². The zero-order valence-electron chi connectivity index (χ0n) is 66.2. The minimum atomic E-state index is -0.833. The number of aliphatic carboxylic acids is 2. The predicted molar refractivity (Wildman–Crippen MR) is 451 cm³/mol. The fourth-order valence-electron chi connectivity index (χ4n) is 12.7. The number of aromatic nitrogens is 8. The number of carbonyl (C=O) groups is 2. The maximum atomic E-state index is 11.6. The second-order valence-corrected chi connectivity index (χ2v) is 30.9. The average Bonchev–Trinajstić information content (AvgIpc) is 1.65. The summed E-state index contributed by atoms with van der Waals surface area (Å²) in [4.78, 5) is 54.0. The number of carboxylic acid groups (broad SMARTS) is 2. The number of benzene rings is 6. The zero-order chi connectivity index (χ0) is 77.6. The molecule has 586 valence electrons. The molecule has 0 aliphatic carbocycles. The van der Waals surface area contributed by atoms with Crippen LogP contribution in [0.5, 0.6) is 23.0 Å². The third kappa shape index (κ3) is 20.8. The molecule has 0 aliphatic rings. The van der Waals surface area contributed by atoms with Crippen LogP contribution in [0.2, 0.25) is 0 Å². The summed E-state index contributed by atoms with van der Waals surface area (Å²) in [6.07, 6.45) is 7.44. The van der Waals surface area contributed by atoms with Crippen LogP contribution >= 0.6 is 9.90 Å². The number of carboxylic acids is 2. The molecule has 6 aromatic carbocycles. The Morgan fingerprint density at radius 2 is 0.505 bits per heavy atom. The summed E-state index contributed by atoms with van der Waals surface area (Å²) in [6.45, 7) is 38.3. The van der Waals surface area contributed by atoms with Crippen LogP contribution in [0.25, 0.3) is 134 Å². The Morgan fingerprint density at radius 1 is 0.333 bits per heavy atom. The van der Waals surface area contributed by atoms with Gasteiger partial charge in [0.05, 0.1) is 44.8 Å². The molecule has 8 heterocycles. The van der Waals surface area contributed by atoms with Crippen molar-refractivity contribution in [2.45, 2.75) is 139 Å². The molecule has 111 heavy (non-hydrogen) atoms. The average molecular weight is 1600 g/mol. The van der Waals surface area contributed by atoms with Crippen LogP contribution in [-0.2, 0) is 64.8 Å². The first-order valence-electron chi connectivity index (χ1n) is 36.2. The van der Waals surface area contributed by atoms with Gasteiger partial charge in [-0.1, -0.05) is 152 Å². The Bertz CT molecular complexity index is 4830. The smallest absolute Gasteiger partial charge is 0.300 e. The quantitative estimate of drug-likeness (QED) is 0.0426. The number of aromatic hydroxyl groups is 4. The number of aromatic amines is 4. The van der Waals surface area contributed by atoms with E-state index in [1.807, 2.05) is 170 Å². The van der Waals surface area contributed by atoms with Crippen molar-refractivity contribution in [3.05, 3.63) is 217 Å². The predicted octanol–water partition coefficient (Wildman–Crippen LogP) is 21.0. The SMILES string of the molecule is CC(=O)O.CC(=O)O.CC(C)(C)c1cc(-c2ccc3ccc4ccc(-c5cc(C(C)(C)C)cc(-c6ccc[nH]6)c5O)nc4c3n2)c(O)c(-c2ccc[nH]2)c1.CC(C)(C)c1cc(-c2ccc3ccc4ccc(-c5cc(C(C)(C)C)cc(-c6ccc[nH]6)c5O)nc4c3n2)c(O)c(-c2ccc[nH]2)c1.CCN(CC)CC.O.P.[Co].[Co]. The first kappa shape index (κ1) is 89.5. The summed E-state index contributed by atoms with van der Waals surface area (Å²) in [5.41, 5.74) is 18.4. The van der Waals surface area contributed by atoms with Crippen LogP contribution in [-0.4, -0.2) is 112 Å². The molecule has 12 N–H and O–H groups in total. The number of nitrogens with one attached hydrogen (secondary N) is 4. The molecule has 14 rings (SSSR count). The number of fused-ring (bicyclic) bond motifs is 6. The molecule has 18 nitrogen and oxygen atoms in total. The van der Waals surface area contributed by atoms with E-state index in [1.54, 1.807) is 0 Å². The number of phenolic OH excluding ortho intramolecular Hbond substituents is 4. The number of rotatable bonds is 11. The fourth-order valence-corrected chi connectivity index (χ4v) is 12.7. The van der Waals surface area contributed by atoms with Gasteiger partial charge >= 0.3 is 0 Å². The van der Waals surface area contributed by atoms with Crippen molar-refractivity contribution in [3.8, 4) is 113 Å². The van der Waals surface area contributed by atoms with Gasteiger partial charge in [0.2, 0.25) is 0 Å². The van der Waals surface area contributed by atoms with Crippen molar-refractivity contribution in [1.82, 2.24) is 44.8 Å². The minimum Gasteiger partial charge on any atom is -0.507 e. The van der Waals surface area contributed by atoms with E-state index in [0.29, 0.717) is 45.0 Å². The first-order chi connectivity index (χ1) is 50.6. The molecule has 0 bridgehead atoms. The molecule has 1 unspecified atom stereocenters. The van der Waals surface area contributed by atoms with E-state index < -0.39 is 11.9 Å². The molecule has 8 aromatic heterocycles. The van der Waals surface area contributed by atoms with Gasteiger partial charge in [0, 0.05) is 161 Å². The van der Waals surface area contributed by atoms with E-state index in [2.05, 4.69) is 153 Å². The second-order valence-electron chi connectivity index (χ2n) is 30.9. The standard InChI is InChI=1S/2C40H38N4O2.C6H15N.2C2H4O2.2Co.H2O.H3P/c2*1-39(2,3)25-19-27(31-9-7-17-41-31)37(45)29(21-25)33-15-13-23-11-12-24-14-16-34(44-36(24)35(23)43-33)30-22-26(40(4,5)6)20-28(38(30)46)32-10-8-18-42-32;1-4-7(5-2)6-3;2*1-2(3)4;;;;/h2*7-22,41-42,45-46H,1-6H3;4-6H2,1-3H3;2*1H3,(H,3,4);;;1H2;1H3. The fraction of sp³-hybridized carbons (Fsp3) is 0.267. The number of pyridine rings is 4. The first-order valence-corrected chi connectivity index (χ1v) is 36.2. The normalized spacial score (nSPS) is 11.3. The monoisotopic (exact) mass is 1600 g/mol. The van der Waals surface area contributed by atoms with Crippen LogP contribution in [0.3, 0.4) is 0 Å². The largest absolute Gasteiger partial charge is 0.507 e. The van der Waals surface area contributed by atoms with Crippen molar-refractivity contribution in [2.75, 3.05) is 19.6 Å². The van der Waals surface area contributed by atoms with Gasteiger partial charge in [-0.25, -0.2) is 19.9 Å². The number of phenols is 4. The number of hydrogen-bond acceptors (Lipinski definition) is 11. The second kappa shape index (κ2) is 37.1. The van der Waals surface area contributed by atoms with Crippen molar-refractivity contribution in [1.29, 1.82) is 0 Å². The van der Waals surface area contributed by atoms with Gasteiger partial charge in [0.25, 0.3) is 11.9 Å². The van der Waals surface area contributed by atoms with E-state index in [-0.39, 0.29) is 93.6 Å². The maximum Gasteiger partial charge on any atom is 0.300 e. The van der Waals surface area contributed by atoms with E-state index in [1.165, 1.54) is 19.6 Å². The molecule has 1 atom stereocenters. The molecule has 14 aromatic rings. The Balaban J connectivity index is 0.000000284. The van der Waals surface area contributed by atoms with E-state index >= 15 is 0 Å². The molecular formula is C90H104Co2N9O9P. The molecule has 0 saturated carbocycles. The van der Waals surface area contributed by atoms with Crippen LogP contribution in [0.15, 0.2) is 195 Å². The summed E-state index contributed by atoms with van der Waals surface area (Å²) in [5.74, 6) is -0.956. The van der Waals surface area contributed by atoms with Crippen LogP contribution in [0, 0.1) is 0 Å². The molecule has 0 saturated heterocycles. The van der Waals surface area contributed by atoms with Crippen molar-refractivity contribution in [3.63, 3.8) is 0 Å². The Labute approximate surface area is 674 Å². The van der Waals surface area contributed by atoms with E-state index in [4.69, 9.17) is 39.7 Å². The molecule has 0 amide bonds. The summed E-state index contributed by atoms with van der Waals surface area (Å²) in [7, 11) is 0. The van der Waals surface area contributed by atoms with Gasteiger partial charge < -0.3 is 61.0 Å². The van der Waals surface area contributed by atoms with Crippen LogP contribution < -0.4 is 0 Å². The summed E-state index contributed by atoms with van der Waals surface area (Å²) < 4.78 is 0. The zero-order valence-corrected chi connectivity index (χ0v) is 69.7. The van der Waals surface area contributed by atoms with Crippen LogP contribution in [0.1, 0.15) is 140 Å². The van der Waals surface area contributed by atoms with Gasteiger partial charge in [-0.2, -0.15) is 9.90 Å². The summed E-state index contributed by atoms with van der Waals surface area (Å²) in [5, 5.41) is 65.0. The Kier molecular flexibility index (Phi) is 29.9. The van der Waals surface area contributed by atoms with Gasteiger partial charge in [-0.15, -0.1) is 0 Å². The topological polar surface area (TPSA) is 305 Å². The van der Waals surface area contributed by atoms with Crippen molar-refractivity contribution in [2.24, 2.45) is 0 Å². The van der Waals surface area contributed by atoms with Crippen molar-refractivity contribution >= 4 is 65.4 Å². The Hall–Kier alpha value is -10.4. The van der Waals surface area contributed by atoms with Gasteiger partial charge in [-0.05, 0) is 185 Å². The van der Waals surface area contributed by atoms with E-state index in [9.17, 15) is 20.4 Å². The molecule has 21 heteroatoms. The Morgan fingerprint density at radius 3 is 0.649 bits per heavy atom. The van der Waals surface area contributed by atoms with E-state index in [0.717, 1.165) is 125 Å². The molecule has 0 aliphatic heterocycles. The maximum absolute atomic E-state index is 11.6. The molecule has 0 spiro atoms. The molecular weight excluding hydrogens is 1500 g/mol. The van der Waals surface area contributed by atoms with Gasteiger partial charge in [0.15, 0.2) is 0 Å². The van der Waals surface area contributed by atoms with Crippen LogP contribution in [0.4, 0.5) is 0 Å². The van der Waals surface area contributed by atoms with Crippen molar-refractivity contribution < 1.29 is 79.3 Å². The molecule has 2 radical (unpaired) electrons. The van der Waals surface area contributed by atoms with Gasteiger partial charge in [0.1, 0.15) is 23.0 Å².